The lowest BCUT2D eigenvalue weighted by Crippen LogP contribution is -1.78. The van der Waals surface area contributed by atoms with Crippen molar-refractivity contribution in [1.82, 2.24) is 0 Å². The molecule has 1 aromatic carbocycles. The zero-order valence-electron chi connectivity index (χ0n) is 5.00. The van der Waals surface area contributed by atoms with Crippen LogP contribution < -0.4 is 0 Å². The predicted molar refractivity (Wildman–Crippen MR) is 45.5 cm³/mol. The van der Waals surface area contributed by atoms with Crippen LogP contribution in [-0.4, -0.2) is 5.11 Å². The van der Waals surface area contributed by atoms with E-state index in [1.807, 2.05) is 28.7 Å². The van der Waals surface area contributed by atoms with E-state index in [2.05, 4.69) is 0 Å². The number of phenols is 1. The summed E-state index contributed by atoms with van der Waals surface area (Å²) < 4.78 is 0.705. The van der Waals surface area contributed by atoms with Crippen LogP contribution in [0.1, 0.15) is 5.56 Å². The van der Waals surface area contributed by atoms with Gasteiger partial charge in [0.25, 0.3) is 0 Å². The average Bonchev–Trinajstić information content (AvgIpc) is 1.95. The minimum absolute atomic E-state index is 0.0746. The largest absolute Gasteiger partial charge is 0.505 e. The van der Waals surface area contributed by atoms with E-state index in [1.165, 1.54) is 0 Å². The van der Waals surface area contributed by atoms with Crippen LogP contribution in [0.15, 0.2) is 18.2 Å². The molecular formula is C7H4INO. The fourth-order valence-electron chi connectivity index (χ4n) is 0.606. The van der Waals surface area contributed by atoms with Crippen molar-refractivity contribution in [3.8, 4) is 11.8 Å². The molecule has 2 nitrogen and oxygen atoms in total. The summed E-state index contributed by atoms with van der Waals surface area (Å²) in [7, 11) is 0. The van der Waals surface area contributed by atoms with Crippen LogP contribution in [0.4, 0.5) is 0 Å². The smallest absolute Gasteiger partial charge is 0.146 e. The maximum atomic E-state index is 9.17. The van der Waals surface area contributed by atoms with E-state index in [0.29, 0.717) is 9.13 Å². The summed E-state index contributed by atoms with van der Waals surface area (Å²) >= 11 is 1.97. The van der Waals surface area contributed by atoms with E-state index in [4.69, 9.17) is 10.4 Å². The number of rotatable bonds is 0. The fourth-order valence-corrected chi connectivity index (χ4v) is 1.10. The highest BCUT2D eigenvalue weighted by molar-refractivity contribution is 14.1. The first-order chi connectivity index (χ1) is 4.75. The van der Waals surface area contributed by atoms with Gasteiger partial charge in [-0.2, -0.15) is 5.26 Å². The Balaban J connectivity index is 3.31. The first-order valence-corrected chi connectivity index (χ1v) is 3.71. The first-order valence-electron chi connectivity index (χ1n) is 2.63. The second-order valence-electron chi connectivity index (χ2n) is 1.75. The third-order valence-corrected chi connectivity index (χ3v) is 1.98. The van der Waals surface area contributed by atoms with Gasteiger partial charge in [0.05, 0.1) is 9.13 Å². The summed E-state index contributed by atoms with van der Waals surface area (Å²) in [6, 6.07) is 6.95. The van der Waals surface area contributed by atoms with Crippen molar-refractivity contribution in [2.75, 3.05) is 0 Å². The number of nitriles is 1. The minimum Gasteiger partial charge on any atom is -0.505 e. The van der Waals surface area contributed by atoms with Crippen molar-refractivity contribution >= 4 is 22.6 Å². The molecule has 50 valence electrons. The Kier molecular flexibility index (Phi) is 2.12. The van der Waals surface area contributed by atoms with Crippen molar-refractivity contribution in [3.63, 3.8) is 0 Å². The zero-order chi connectivity index (χ0) is 7.56. The Labute approximate surface area is 72.2 Å². The van der Waals surface area contributed by atoms with E-state index in [-0.39, 0.29) is 5.75 Å². The molecule has 0 bridgehead atoms. The Morgan fingerprint density at radius 2 is 2.20 bits per heavy atom. The highest BCUT2D eigenvalue weighted by Crippen LogP contribution is 2.22. The molecule has 0 fully saturated rings. The normalized spacial score (nSPS) is 8.80. The third kappa shape index (κ3) is 1.21. The maximum Gasteiger partial charge on any atom is 0.146 e. The van der Waals surface area contributed by atoms with Gasteiger partial charge in [0.2, 0.25) is 0 Å². The highest BCUT2D eigenvalue weighted by Gasteiger charge is 2.01. The Bertz CT molecular complexity index is 290. The summed E-state index contributed by atoms with van der Waals surface area (Å²) in [5, 5.41) is 17.6. The van der Waals surface area contributed by atoms with Gasteiger partial charge in [0.15, 0.2) is 0 Å². The molecule has 0 saturated carbocycles. The van der Waals surface area contributed by atoms with Gasteiger partial charge in [0.1, 0.15) is 11.8 Å². The molecule has 0 atom stereocenters. The van der Waals surface area contributed by atoms with Gasteiger partial charge in [-0.25, -0.2) is 0 Å². The monoisotopic (exact) mass is 245 g/mol. The lowest BCUT2D eigenvalue weighted by Gasteiger charge is -1.95. The molecule has 1 rings (SSSR count). The molecule has 0 aliphatic rings. The van der Waals surface area contributed by atoms with Gasteiger partial charge in [-0.3, -0.25) is 0 Å². The molecule has 0 heterocycles. The summed E-state index contributed by atoms with van der Waals surface area (Å²) in [5.41, 5.74) is 0.326. The average molecular weight is 245 g/mol. The molecule has 1 aromatic rings. The molecule has 0 unspecified atom stereocenters. The molecule has 10 heavy (non-hydrogen) atoms. The molecule has 0 aliphatic heterocycles. The first kappa shape index (κ1) is 7.35. The summed E-state index contributed by atoms with van der Waals surface area (Å²) in [6.07, 6.45) is 0. The molecule has 0 amide bonds. The van der Waals surface area contributed by atoms with Crippen molar-refractivity contribution in [3.05, 3.63) is 27.3 Å². The van der Waals surface area contributed by atoms with Crippen LogP contribution in [0.5, 0.6) is 5.75 Å². The molecule has 3 heteroatoms. The topological polar surface area (TPSA) is 44.0 Å². The highest BCUT2D eigenvalue weighted by atomic mass is 127. The molecule has 0 radical (unpaired) electrons. The van der Waals surface area contributed by atoms with Gasteiger partial charge < -0.3 is 5.11 Å². The van der Waals surface area contributed by atoms with E-state index in [1.54, 1.807) is 18.2 Å². The second kappa shape index (κ2) is 2.88. The van der Waals surface area contributed by atoms with Crippen LogP contribution in [0.3, 0.4) is 0 Å². The Morgan fingerprint density at radius 1 is 1.50 bits per heavy atom. The van der Waals surface area contributed by atoms with Crippen molar-refractivity contribution in [2.45, 2.75) is 0 Å². The van der Waals surface area contributed by atoms with Crippen LogP contribution in [-0.2, 0) is 0 Å². The van der Waals surface area contributed by atoms with Gasteiger partial charge in [0, 0.05) is 0 Å². The fraction of sp³-hybridized carbons (Fsp3) is 0. The molecule has 0 saturated heterocycles. The van der Waals surface area contributed by atoms with Crippen LogP contribution in [0, 0.1) is 14.9 Å². The van der Waals surface area contributed by atoms with Crippen LogP contribution in [0.25, 0.3) is 0 Å². The Morgan fingerprint density at radius 3 is 2.70 bits per heavy atom. The molecular weight excluding hydrogens is 241 g/mol. The zero-order valence-corrected chi connectivity index (χ0v) is 7.16. The van der Waals surface area contributed by atoms with Crippen LogP contribution in [0.2, 0.25) is 0 Å². The van der Waals surface area contributed by atoms with Crippen LogP contribution >= 0.6 is 22.6 Å². The quantitative estimate of drug-likeness (QED) is 0.709. The standard InChI is InChI=1S/C7H4INO/c8-6-3-1-2-5(4-9)7(6)10/h1-3,10H. The van der Waals surface area contributed by atoms with Gasteiger partial charge in [-0.05, 0) is 34.7 Å². The van der Waals surface area contributed by atoms with Crippen molar-refractivity contribution < 1.29 is 5.11 Å². The second-order valence-corrected chi connectivity index (χ2v) is 2.91. The SMILES string of the molecule is N#Cc1cccc(I)c1O. The van der Waals surface area contributed by atoms with Gasteiger partial charge in [-0.15, -0.1) is 0 Å². The predicted octanol–water partition coefficient (Wildman–Crippen LogP) is 1.87. The minimum atomic E-state index is 0.0746. The number of hydrogen-bond acceptors (Lipinski definition) is 2. The number of para-hydroxylation sites is 1. The number of nitrogens with zero attached hydrogens (tertiary/aromatic N) is 1. The van der Waals surface area contributed by atoms with E-state index < -0.39 is 0 Å². The summed E-state index contributed by atoms with van der Waals surface area (Å²) in [5.74, 6) is 0.0746. The van der Waals surface area contributed by atoms with E-state index in [0.717, 1.165) is 0 Å². The van der Waals surface area contributed by atoms with E-state index >= 15 is 0 Å². The summed E-state index contributed by atoms with van der Waals surface area (Å²) in [6.45, 7) is 0. The lowest BCUT2D eigenvalue weighted by molar-refractivity contribution is 0.469. The van der Waals surface area contributed by atoms with Crippen molar-refractivity contribution in [2.24, 2.45) is 0 Å². The van der Waals surface area contributed by atoms with E-state index in [9.17, 15) is 0 Å². The maximum absolute atomic E-state index is 9.17. The lowest BCUT2D eigenvalue weighted by atomic mass is 10.2. The number of halogens is 1. The number of benzene rings is 1. The van der Waals surface area contributed by atoms with Gasteiger partial charge in [-0.1, -0.05) is 6.07 Å². The number of hydrogen-bond donors (Lipinski definition) is 1. The van der Waals surface area contributed by atoms with Gasteiger partial charge >= 0.3 is 0 Å². The molecule has 0 aromatic heterocycles. The van der Waals surface area contributed by atoms with Crippen molar-refractivity contribution in [1.29, 1.82) is 5.26 Å². The number of aromatic hydroxyl groups is 1. The molecule has 0 spiro atoms. The summed E-state index contributed by atoms with van der Waals surface area (Å²) in [4.78, 5) is 0. The Hall–Kier alpha value is -0.760. The molecule has 1 N–H and O–H groups in total. The number of phenolic OH excluding ortho intramolecular Hbond substituents is 1. The molecule has 0 aliphatic carbocycles. The third-order valence-electron chi connectivity index (χ3n) is 1.11.